The van der Waals surface area contributed by atoms with Gasteiger partial charge in [-0.25, -0.2) is 8.42 Å². The minimum Gasteiger partial charge on any atom is -0.342 e. The summed E-state index contributed by atoms with van der Waals surface area (Å²) >= 11 is 13.8. The summed E-state index contributed by atoms with van der Waals surface area (Å²) in [7, 11) is -3.10. The standard InChI is InChI=1S/C20H18Cl2N2O3S2/c21-15-7-3-1-5-13(15)9-19(25)23-20-24(10-14-6-2-4-8-16(14)22)17-11-29(26,27)12-18(17)28-20/h1-8,17-18H,9-12H2/t17-,18+/m1/s1. The summed E-state index contributed by atoms with van der Waals surface area (Å²) in [5.41, 5.74) is 1.58. The molecule has 9 heteroatoms. The molecule has 0 N–H and O–H groups in total. The SMILES string of the molecule is O=C(Cc1ccccc1Cl)N=C1S[C@H]2CS(=O)(=O)C[C@H]2N1Cc1ccccc1Cl. The Morgan fingerprint density at radius 3 is 2.31 bits per heavy atom. The lowest BCUT2D eigenvalue weighted by molar-refractivity contribution is -0.117. The minimum atomic E-state index is -3.10. The number of rotatable bonds is 4. The molecule has 2 heterocycles. The van der Waals surface area contributed by atoms with Crippen LogP contribution in [0.25, 0.3) is 0 Å². The van der Waals surface area contributed by atoms with Crippen molar-refractivity contribution in [3.05, 3.63) is 69.7 Å². The number of carbonyl (C=O) groups is 1. The first-order chi connectivity index (χ1) is 13.8. The van der Waals surface area contributed by atoms with Gasteiger partial charge in [0.15, 0.2) is 15.0 Å². The van der Waals surface area contributed by atoms with E-state index in [4.69, 9.17) is 23.2 Å². The third-order valence-electron chi connectivity index (χ3n) is 4.99. The van der Waals surface area contributed by atoms with E-state index in [0.717, 1.165) is 5.56 Å². The summed E-state index contributed by atoms with van der Waals surface area (Å²) in [5.74, 6) is -0.154. The van der Waals surface area contributed by atoms with Gasteiger partial charge in [-0.05, 0) is 23.3 Å². The van der Waals surface area contributed by atoms with Crippen molar-refractivity contribution in [3.63, 3.8) is 0 Å². The van der Waals surface area contributed by atoms with E-state index < -0.39 is 9.84 Å². The maximum Gasteiger partial charge on any atom is 0.252 e. The molecule has 2 aromatic rings. The second-order valence-electron chi connectivity index (χ2n) is 7.08. The van der Waals surface area contributed by atoms with E-state index in [1.165, 1.54) is 11.8 Å². The van der Waals surface area contributed by atoms with E-state index in [1.807, 2.05) is 35.2 Å². The number of fused-ring (bicyclic) bond motifs is 1. The highest BCUT2D eigenvalue weighted by atomic mass is 35.5. The van der Waals surface area contributed by atoms with Crippen LogP contribution in [-0.2, 0) is 27.6 Å². The molecule has 0 saturated carbocycles. The predicted molar refractivity (Wildman–Crippen MR) is 118 cm³/mol. The third kappa shape index (κ3) is 4.63. The van der Waals surface area contributed by atoms with E-state index in [1.54, 1.807) is 18.2 Å². The Bertz CT molecular complexity index is 1090. The first-order valence-corrected chi connectivity index (χ1v) is 12.5. The fraction of sp³-hybridized carbons (Fsp3) is 0.300. The number of amides is 1. The number of benzene rings is 2. The molecule has 0 radical (unpaired) electrons. The number of aliphatic imine (C=N–C) groups is 1. The Labute approximate surface area is 184 Å². The average molecular weight is 469 g/mol. The lowest BCUT2D eigenvalue weighted by atomic mass is 10.1. The Morgan fingerprint density at radius 2 is 1.66 bits per heavy atom. The van der Waals surface area contributed by atoms with Crippen LogP contribution in [0.4, 0.5) is 0 Å². The van der Waals surface area contributed by atoms with E-state index in [2.05, 4.69) is 4.99 Å². The van der Waals surface area contributed by atoms with Crippen LogP contribution in [-0.4, -0.2) is 47.2 Å². The maximum absolute atomic E-state index is 12.6. The zero-order valence-electron chi connectivity index (χ0n) is 15.3. The predicted octanol–water partition coefficient (Wildman–Crippen LogP) is 3.83. The van der Waals surface area contributed by atoms with Gasteiger partial charge in [-0.2, -0.15) is 4.99 Å². The van der Waals surface area contributed by atoms with Crippen molar-refractivity contribution in [2.24, 2.45) is 4.99 Å². The van der Waals surface area contributed by atoms with Crippen LogP contribution >= 0.6 is 35.0 Å². The van der Waals surface area contributed by atoms with E-state index in [9.17, 15) is 13.2 Å². The number of hydrogen-bond acceptors (Lipinski definition) is 4. The van der Waals surface area contributed by atoms with Gasteiger partial charge in [-0.3, -0.25) is 4.79 Å². The molecule has 2 fully saturated rings. The molecule has 0 spiro atoms. The zero-order chi connectivity index (χ0) is 20.6. The highest BCUT2D eigenvalue weighted by molar-refractivity contribution is 8.15. The van der Waals surface area contributed by atoms with Crippen molar-refractivity contribution in [1.29, 1.82) is 0 Å². The molecular formula is C20H18Cl2N2O3S2. The lowest BCUT2D eigenvalue weighted by Crippen LogP contribution is -2.37. The number of carbonyl (C=O) groups excluding carboxylic acids is 1. The van der Waals surface area contributed by atoms with Gasteiger partial charge in [-0.15, -0.1) is 0 Å². The maximum atomic E-state index is 12.6. The minimum absolute atomic E-state index is 0.0623. The van der Waals surface area contributed by atoms with Crippen molar-refractivity contribution in [2.45, 2.75) is 24.3 Å². The number of thioether (sulfide) groups is 1. The van der Waals surface area contributed by atoms with Gasteiger partial charge in [0.25, 0.3) is 5.91 Å². The van der Waals surface area contributed by atoms with E-state index in [0.29, 0.717) is 27.3 Å². The molecule has 4 rings (SSSR count). The molecule has 2 aromatic carbocycles. The number of sulfone groups is 1. The van der Waals surface area contributed by atoms with Crippen molar-refractivity contribution in [1.82, 2.24) is 4.90 Å². The number of nitrogens with zero attached hydrogens (tertiary/aromatic N) is 2. The molecule has 152 valence electrons. The molecule has 0 unspecified atom stereocenters. The first kappa shape index (κ1) is 20.7. The smallest absolute Gasteiger partial charge is 0.252 e. The van der Waals surface area contributed by atoms with Gasteiger partial charge in [0, 0.05) is 21.8 Å². The molecule has 0 aromatic heterocycles. The Balaban J connectivity index is 1.60. The van der Waals surface area contributed by atoms with Crippen LogP contribution in [0.1, 0.15) is 11.1 Å². The van der Waals surface area contributed by atoms with Crippen molar-refractivity contribution < 1.29 is 13.2 Å². The monoisotopic (exact) mass is 468 g/mol. The van der Waals surface area contributed by atoms with Crippen LogP contribution in [0.3, 0.4) is 0 Å². The molecular weight excluding hydrogens is 451 g/mol. The fourth-order valence-electron chi connectivity index (χ4n) is 3.58. The van der Waals surface area contributed by atoms with Crippen molar-refractivity contribution in [2.75, 3.05) is 11.5 Å². The molecule has 2 atom stereocenters. The van der Waals surface area contributed by atoms with Crippen molar-refractivity contribution >= 4 is 55.9 Å². The van der Waals surface area contributed by atoms with Gasteiger partial charge in [0.05, 0.1) is 24.0 Å². The van der Waals surface area contributed by atoms with Crippen molar-refractivity contribution in [3.8, 4) is 0 Å². The average Bonchev–Trinajstić information content (AvgIpc) is 3.11. The fourth-order valence-corrected chi connectivity index (χ4v) is 7.95. The van der Waals surface area contributed by atoms with Gasteiger partial charge in [0.2, 0.25) is 0 Å². The molecule has 5 nitrogen and oxygen atoms in total. The topological polar surface area (TPSA) is 66.8 Å². The number of amidine groups is 1. The Kier molecular flexibility index (Phi) is 5.93. The van der Waals surface area contributed by atoms with Crippen LogP contribution in [0, 0.1) is 0 Å². The quantitative estimate of drug-likeness (QED) is 0.681. The molecule has 2 aliphatic rings. The second-order valence-corrected chi connectivity index (χ2v) is 11.3. The van der Waals surface area contributed by atoms with Crippen LogP contribution in [0.15, 0.2) is 53.5 Å². The lowest BCUT2D eigenvalue weighted by Gasteiger charge is -2.25. The summed E-state index contributed by atoms with van der Waals surface area (Å²) in [4.78, 5) is 18.8. The molecule has 1 amide bonds. The second kappa shape index (κ2) is 8.30. The third-order valence-corrected chi connectivity index (χ3v) is 8.98. The zero-order valence-corrected chi connectivity index (χ0v) is 18.4. The van der Waals surface area contributed by atoms with Crippen LogP contribution in [0.2, 0.25) is 10.0 Å². The highest BCUT2D eigenvalue weighted by Crippen LogP contribution is 2.39. The van der Waals surface area contributed by atoms with Gasteiger partial charge >= 0.3 is 0 Å². The van der Waals surface area contributed by atoms with E-state index >= 15 is 0 Å². The van der Waals surface area contributed by atoms with Gasteiger partial charge < -0.3 is 4.90 Å². The summed E-state index contributed by atoms with van der Waals surface area (Å²) < 4.78 is 24.3. The molecule has 2 aliphatic heterocycles. The summed E-state index contributed by atoms with van der Waals surface area (Å²) in [6, 6.07) is 14.4. The summed E-state index contributed by atoms with van der Waals surface area (Å²) in [6.45, 7) is 0.404. The molecule has 0 bridgehead atoms. The summed E-state index contributed by atoms with van der Waals surface area (Å²) in [6.07, 6.45) is 0.0945. The number of hydrogen-bond donors (Lipinski definition) is 0. The van der Waals surface area contributed by atoms with Gasteiger partial charge in [-0.1, -0.05) is 71.4 Å². The molecule has 2 saturated heterocycles. The molecule has 29 heavy (non-hydrogen) atoms. The van der Waals surface area contributed by atoms with Gasteiger partial charge in [0.1, 0.15) is 0 Å². The first-order valence-electron chi connectivity index (χ1n) is 9.04. The molecule has 0 aliphatic carbocycles. The Hall–Kier alpha value is -1.54. The normalized spacial score (nSPS) is 24.1. The van der Waals surface area contributed by atoms with Crippen LogP contribution in [0.5, 0.6) is 0 Å². The van der Waals surface area contributed by atoms with E-state index in [-0.39, 0.29) is 35.1 Å². The Morgan fingerprint density at radius 1 is 1.03 bits per heavy atom. The number of halogens is 2. The largest absolute Gasteiger partial charge is 0.342 e. The van der Waals surface area contributed by atoms with Crippen LogP contribution < -0.4 is 0 Å². The highest BCUT2D eigenvalue weighted by Gasteiger charge is 2.48. The summed E-state index contributed by atoms with van der Waals surface area (Å²) in [5, 5.41) is 1.54.